The Labute approximate surface area is 168 Å². The van der Waals surface area contributed by atoms with Crippen LogP contribution in [0.5, 0.6) is 0 Å². The number of rotatable bonds is 11. The number of allylic oxidation sites excluding steroid dienone is 1. The molecule has 2 N–H and O–H groups in total. The number of ether oxygens (including phenoxy) is 2. The third kappa shape index (κ3) is 6.21. The minimum absolute atomic E-state index is 0.116. The quantitative estimate of drug-likeness (QED) is 0.522. The van der Waals surface area contributed by atoms with Crippen molar-refractivity contribution < 1.29 is 24.2 Å². The second kappa shape index (κ2) is 11.4. The molecular weight excluding hydrogens is 360 g/mol. The largest absolute Gasteiger partial charge is 0.459 e. The summed E-state index contributed by atoms with van der Waals surface area (Å²) in [5.74, 6) is 0.889. The molecule has 2 amide bonds. The van der Waals surface area contributed by atoms with Crippen LogP contribution in [0.3, 0.4) is 0 Å². The molecule has 1 fully saturated rings. The maximum atomic E-state index is 12.6. The van der Waals surface area contributed by atoms with E-state index in [0.29, 0.717) is 44.2 Å². The number of carbonyl (C=O) groups is 2. The zero-order valence-corrected chi connectivity index (χ0v) is 17.5. The molecule has 0 aliphatic carbocycles. The van der Waals surface area contributed by atoms with Crippen LogP contribution < -0.4 is 5.32 Å². The van der Waals surface area contributed by atoms with E-state index in [4.69, 9.17) is 9.47 Å². The summed E-state index contributed by atoms with van der Waals surface area (Å²) < 4.78 is 11.7. The number of nitrogens with one attached hydrogen (secondary N) is 1. The molecule has 2 aliphatic rings. The van der Waals surface area contributed by atoms with Gasteiger partial charge in [-0.25, -0.2) is 0 Å². The lowest BCUT2D eigenvalue weighted by atomic mass is 9.78. The molecule has 160 valence electrons. The standard InChI is InChI=1S/C21H36N2O5/c1-4-27-21-16(8-6-13-24)17(15(2)3)14-18(28-21)20(26)22-10-7-12-23-11-5-9-19(23)25/h14-17,21,24H,4-13H2,1-3H3,(H,22,26). The molecule has 7 nitrogen and oxygen atoms in total. The first-order valence-electron chi connectivity index (χ1n) is 10.6. The molecule has 3 atom stereocenters. The highest BCUT2D eigenvalue weighted by Crippen LogP contribution is 2.36. The van der Waals surface area contributed by atoms with Crippen molar-refractivity contribution in [1.82, 2.24) is 10.2 Å². The Morgan fingerprint density at radius 2 is 2.21 bits per heavy atom. The van der Waals surface area contributed by atoms with Crippen LogP contribution in [0, 0.1) is 17.8 Å². The van der Waals surface area contributed by atoms with Crippen LogP contribution in [0.2, 0.25) is 0 Å². The Morgan fingerprint density at radius 1 is 1.43 bits per heavy atom. The summed E-state index contributed by atoms with van der Waals surface area (Å²) in [5.41, 5.74) is 0. The van der Waals surface area contributed by atoms with Crippen LogP contribution in [-0.4, -0.2) is 61.0 Å². The van der Waals surface area contributed by atoms with Gasteiger partial charge < -0.3 is 24.8 Å². The van der Waals surface area contributed by atoms with Crippen molar-refractivity contribution in [1.29, 1.82) is 0 Å². The van der Waals surface area contributed by atoms with E-state index in [2.05, 4.69) is 19.2 Å². The first-order chi connectivity index (χ1) is 13.5. The first kappa shape index (κ1) is 22.7. The van der Waals surface area contributed by atoms with Crippen molar-refractivity contribution in [2.45, 2.75) is 59.2 Å². The fourth-order valence-corrected chi connectivity index (χ4v) is 4.02. The predicted octanol–water partition coefficient (Wildman–Crippen LogP) is 2.05. The average molecular weight is 397 g/mol. The first-order valence-corrected chi connectivity index (χ1v) is 10.6. The zero-order chi connectivity index (χ0) is 20.5. The molecule has 0 saturated carbocycles. The van der Waals surface area contributed by atoms with Gasteiger partial charge in [-0.1, -0.05) is 13.8 Å². The van der Waals surface area contributed by atoms with E-state index in [1.54, 1.807) is 0 Å². The fraction of sp³-hybridized carbons (Fsp3) is 0.810. The summed E-state index contributed by atoms with van der Waals surface area (Å²) in [5, 5.41) is 12.1. The van der Waals surface area contributed by atoms with E-state index in [0.717, 1.165) is 25.8 Å². The minimum atomic E-state index is -0.475. The molecular formula is C21H36N2O5. The topological polar surface area (TPSA) is 88.1 Å². The van der Waals surface area contributed by atoms with Crippen LogP contribution in [0.1, 0.15) is 52.9 Å². The minimum Gasteiger partial charge on any atom is -0.459 e. The van der Waals surface area contributed by atoms with Crippen LogP contribution in [-0.2, 0) is 19.1 Å². The number of likely N-dealkylation sites (tertiary alicyclic amines) is 1. The third-order valence-electron chi connectivity index (χ3n) is 5.51. The van der Waals surface area contributed by atoms with Crippen molar-refractivity contribution in [2.75, 3.05) is 32.8 Å². The van der Waals surface area contributed by atoms with Gasteiger partial charge in [-0.2, -0.15) is 0 Å². The van der Waals surface area contributed by atoms with E-state index in [9.17, 15) is 14.7 Å². The maximum Gasteiger partial charge on any atom is 0.286 e. The molecule has 2 aliphatic heterocycles. The van der Waals surface area contributed by atoms with Crippen LogP contribution in [0.4, 0.5) is 0 Å². The van der Waals surface area contributed by atoms with E-state index in [-0.39, 0.29) is 30.3 Å². The molecule has 0 aromatic heterocycles. The summed E-state index contributed by atoms with van der Waals surface area (Å²) in [6.45, 7) is 8.81. The molecule has 2 heterocycles. The van der Waals surface area contributed by atoms with E-state index in [1.165, 1.54) is 0 Å². The van der Waals surface area contributed by atoms with Gasteiger partial charge in [0.1, 0.15) is 0 Å². The van der Waals surface area contributed by atoms with Gasteiger partial charge in [0.15, 0.2) is 5.76 Å². The van der Waals surface area contributed by atoms with Crippen molar-refractivity contribution in [3.63, 3.8) is 0 Å². The average Bonchev–Trinajstić information content (AvgIpc) is 3.08. The number of carbonyl (C=O) groups excluding carboxylic acids is 2. The molecule has 1 saturated heterocycles. The highest BCUT2D eigenvalue weighted by atomic mass is 16.7. The van der Waals surface area contributed by atoms with Crippen molar-refractivity contribution in [3.05, 3.63) is 11.8 Å². The summed E-state index contributed by atoms with van der Waals surface area (Å²) in [6, 6.07) is 0. The lowest BCUT2D eigenvalue weighted by molar-refractivity contribution is -0.175. The van der Waals surface area contributed by atoms with Crippen LogP contribution >= 0.6 is 0 Å². The molecule has 28 heavy (non-hydrogen) atoms. The molecule has 0 aromatic carbocycles. The lowest BCUT2D eigenvalue weighted by Crippen LogP contribution is -2.41. The lowest BCUT2D eigenvalue weighted by Gasteiger charge is -2.38. The summed E-state index contributed by atoms with van der Waals surface area (Å²) in [7, 11) is 0. The SMILES string of the molecule is CCOC1OC(C(=O)NCCCN2CCCC2=O)=CC(C(C)C)C1CCCO. The number of hydrogen-bond acceptors (Lipinski definition) is 5. The second-order valence-corrected chi connectivity index (χ2v) is 7.92. The van der Waals surface area contributed by atoms with Gasteiger partial charge >= 0.3 is 0 Å². The number of nitrogens with zero attached hydrogens (tertiary/aromatic N) is 1. The fourth-order valence-electron chi connectivity index (χ4n) is 4.02. The second-order valence-electron chi connectivity index (χ2n) is 7.92. The molecule has 2 rings (SSSR count). The molecule has 0 radical (unpaired) electrons. The van der Waals surface area contributed by atoms with Gasteiger partial charge in [0.2, 0.25) is 12.2 Å². The van der Waals surface area contributed by atoms with Gasteiger partial charge in [0, 0.05) is 45.2 Å². The Kier molecular flexibility index (Phi) is 9.25. The van der Waals surface area contributed by atoms with Gasteiger partial charge in [-0.05, 0) is 50.5 Å². The third-order valence-corrected chi connectivity index (χ3v) is 5.51. The molecule has 7 heteroatoms. The zero-order valence-electron chi connectivity index (χ0n) is 17.5. The van der Waals surface area contributed by atoms with E-state index >= 15 is 0 Å². The maximum absolute atomic E-state index is 12.6. The number of hydrogen-bond donors (Lipinski definition) is 2. The molecule has 0 bridgehead atoms. The predicted molar refractivity (Wildman–Crippen MR) is 106 cm³/mol. The Bertz CT molecular complexity index is 549. The molecule has 0 spiro atoms. The van der Waals surface area contributed by atoms with Gasteiger partial charge in [-0.15, -0.1) is 0 Å². The van der Waals surface area contributed by atoms with Crippen LogP contribution in [0.25, 0.3) is 0 Å². The monoisotopic (exact) mass is 396 g/mol. The van der Waals surface area contributed by atoms with E-state index < -0.39 is 6.29 Å². The van der Waals surface area contributed by atoms with Gasteiger partial charge in [0.25, 0.3) is 5.91 Å². The van der Waals surface area contributed by atoms with Crippen LogP contribution in [0.15, 0.2) is 11.8 Å². The van der Waals surface area contributed by atoms with E-state index in [1.807, 2.05) is 17.9 Å². The Morgan fingerprint density at radius 3 is 2.82 bits per heavy atom. The van der Waals surface area contributed by atoms with Gasteiger partial charge in [0.05, 0.1) is 0 Å². The highest BCUT2D eigenvalue weighted by molar-refractivity contribution is 5.91. The normalized spacial score (nSPS) is 25.0. The van der Waals surface area contributed by atoms with Crippen molar-refractivity contribution in [2.24, 2.45) is 17.8 Å². The number of amides is 2. The van der Waals surface area contributed by atoms with Gasteiger partial charge in [-0.3, -0.25) is 9.59 Å². The Balaban J connectivity index is 1.93. The Hall–Kier alpha value is -1.60. The number of aliphatic hydroxyl groups excluding tert-OH is 1. The molecule has 0 aromatic rings. The van der Waals surface area contributed by atoms with Crippen molar-refractivity contribution in [3.8, 4) is 0 Å². The molecule has 3 unspecified atom stereocenters. The smallest absolute Gasteiger partial charge is 0.286 e. The summed E-state index contributed by atoms with van der Waals surface area (Å²) in [6.07, 6.45) is 5.22. The summed E-state index contributed by atoms with van der Waals surface area (Å²) >= 11 is 0. The highest BCUT2D eigenvalue weighted by Gasteiger charge is 2.38. The summed E-state index contributed by atoms with van der Waals surface area (Å²) in [4.78, 5) is 26.1. The number of aliphatic hydroxyl groups is 1. The van der Waals surface area contributed by atoms with Crippen molar-refractivity contribution >= 4 is 11.8 Å².